The molecule has 2 aliphatic heterocycles. The summed E-state index contributed by atoms with van der Waals surface area (Å²) in [5, 5.41) is 0. The van der Waals surface area contributed by atoms with Gasteiger partial charge in [-0.2, -0.15) is 11.8 Å². The number of carbonyl (C=O) groups is 1. The molecule has 5 heteroatoms. The highest BCUT2D eigenvalue weighted by molar-refractivity contribution is 7.99. The molecule has 1 aromatic rings. The maximum absolute atomic E-state index is 12.2. The second-order valence-corrected chi connectivity index (χ2v) is 6.38. The first-order valence-electron chi connectivity index (χ1n) is 6.62. The van der Waals surface area contributed by atoms with E-state index in [2.05, 4.69) is 0 Å². The lowest BCUT2D eigenvalue weighted by Crippen LogP contribution is -2.51. The molecule has 4 nitrogen and oxygen atoms in total. The Bertz CT molecular complexity index is 469. The lowest BCUT2D eigenvalue weighted by Gasteiger charge is -2.43. The number of hydrogen-bond donors (Lipinski definition) is 1. The molecule has 2 N–H and O–H groups in total. The van der Waals surface area contributed by atoms with Gasteiger partial charge in [0, 0.05) is 24.3 Å². The first-order chi connectivity index (χ1) is 9.19. The van der Waals surface area contributed by atoms with Gasteiger partial charge in [-0.1, -0.05) is 0 Å². The van der Waals surface area contributed by atoms with Crippen LogP contribution >= 0.6 is 11.8 Å². The molecule has 0 atom stereocenters. The van der Waals surface area contributed by atoms with Gasteiger partial charge < -0.3 is 10.5 Å². The van der Waals surface area contributed by atoms with Crippen LogP contribution < -0.4 is 10.6 Å². The topological polar surface area (TPSA) is 55.6 Å². The average molecular weight is 278 g/mol. The molecule has 102 valence electrons. The first kappa shape index (κ1) is 12.7. The molecule has 0 saturated carbocycles. The molecule has 1 spiro atoms. The summed E-state index contributed by atoms with van der Waals surface area (Å²) in [6.45, 7) is 0.730. The monoisotopic (exact) mass is 278 g/mol. The van der Waals surface area contributed by atoms with E-state index in [1.165, 1.54) is 0 Å². The second kappa shape index (κ2) is 4.96. The van der Waals surface area contributed by atoms with Crippen molar-refractivity contribution in [2.24, 2.45) is 0 Å². The van der Waals surface area contributed by atoms with E-state index in [-0.39, 0.29) is 11.7 Å². The Kier molecular flexibility index (Phi) is 3.31. The molecule has 2 heterocycles. The predicted octanol–water partition coefficient (Wildman–Crippen LogP) is 2.88. The van der Waals surface area contributed by atoms with Gasteiger partial charge in [0.2, 0.25) is 0 Å². The molecule has 2 saturated heterocycles. The Morgan fingerprint density at radius 1 is 1.16 bits per heavy atom. The van der Waals surface area contributed by atoms with E-state index in [9.17, 15) is 4.79 Å². The normalized spacial score (nSPS) is 22.3. The zero-order valence-corrected chi connectivity index (χ0v) is 11.6. The Morgan fingerprint density at radius 2 is 1.84 bits per heavy atom. The third-order valence-corrected chi connectivity index (χ3v) is 4.91. The van der Waals surface area contributed by atoms with Gasteiger partial charge in [-0.15, -0.1) is 0 Å². The molecule has 1 amide bonds. The highest BCUT2D eigenvalue weighted by Gasteiger charge is 2.41. The molecule has 0 unspecified atom stereocenters. The van der Waals surface area contributed by atoms with Crippen LogP contribution in [0.3, 0.4) is 0 Å². The molecule has 1 aromatic carbocycles. The molecule has 0 radical (unpaired) electrons. The van der Waals surface area contributed by atoms with Crippen molar-refractivity contribution in [3.8, 4) is 0 Å². The summed E-state index contributed by atoms with van der Waals surface area (Å²) in [4.78, 5) is 13.9. The molecular weight excluding hydrogens is 260 g/mol. The highest BCUT2D eigenvalue weighted by Crippen LogP contribution is 2.37. The van der Waals surface area contributed by atoms with Crippen molar-refractivity contribution in [1.82, 2.24) is 0 Å². The molecule has 2 aliphatic rings. The number of carbonyl (C=O) groups excluding carboxylic acids is 1. The Balaban J connectivity index is 1.74. The van der Waals surface area contributed by atoms with Crippen molar-refractivity contribution >= 4 is 29.2 Å². The van der Waals surface area contributed by atoms with Gasteiger partial charge in [0.1, 0.15) is 5.60 Å². The number of nitrogens with zero attached hydrogens (tertiary/aromatic N) is 1. The van der Waals surface area contributed by atoms with Crippen LogP contribution in [0.5, 0.6) is 0 Å². The van der Waals surface area contributed by atoms with Gasteiger partial charge in [0.05, 0.1) is 0 Å². The minimum atomic E-state index is -0.220. The lowest BCUT2D eigenvalue weighted by molar-refractivity contribution is -0.0108. The highest BCUT2D eigenvalue weighted by atomic mass is 32.2. The summed E-state index contributed by atoms with van der Waals surface area (Å²) in [6.07, 6.45) is 2.67. The summed E-state index contributed by atoms with van der Waals surface area (Å²) >= 11 is 1.94. The van der Waals surface area contributed by atoms with E-state index >= 15 is 0 Å². The number of nitrogens with two attached hydrogens (primary N) is 1. The molecule has 3 rings (SSSR count). The molecule has 0 aliphatic carbocycles. The van der Waals surface area contributed by atoms with Crippen LogP contribution in [-0.2, 0) is 4.74 Å². The number of amides is 1. The average Bonchev–Trinajstić information content (AvgIpc) is 2.41. The summed E-state index contributed by atoms with van der Waals surface area (Å²) in [6, 6.07) is 7.35. The van der Waals surface area contributed by atoms with E-state index in [0.29, 0.717) is 5.69 Å². The van der Waals surface area contributed by atoms with Crippen molar-refractivity contribution < 1.29 is 9.53 Å². The lowest BCUT2D eigenvalue weighted by atomic mass is 9.91. The fourth-order valence-electron chi connectivity index (χ4n) is 2.68. The predicted molar refractivity (Wildman–Crippen MR) is 78.6 cm³/mol. The SMILES string of the molecule is Nc1ccc(N2CCC3(CCSCC3)OC2=O)cc1. The minimum absolute atomic E-state index is 0.202. The number of anilines is 2. The van der Waals surface area contributed by atoms with Crippen LogP contribution in [-0.4, -0.2) is 29.7 Å². The van der Waals surface area contributed by atoms with Crippen LogP contribution in [0.15, 0.2) is 24.3 Å². The smallest absolute Gasteiger partial charge is 0.414 e. The second-order valence-electron chi connectivity index (χ2n) is 5.16. The number of hydrogen-bond acceptors (Lipinski definition) is 4. The minimum Gasteiger partial charge on any atom is -0.442 e. The van der Waals surface area contributed by atoms with E-state index in [0.717, 1.165) is 43.0 Å². The van der Waals surface area contributed by atoms with Crippen molar-refractivity contribution in [1.29, 1.82) is 0 Å². The molecule has 0 bridgehead atoms. The van der Waals surface area contributed by atoms with Crippen molar-refractivity contribution in [3.05, 3.63) is 24.3 Å². The fraction of sp³-hybridized carbons (Fsp3) is 0.500. The van der Waals surface area contributed by atoms with E-state index in [1.54, 1.807) is 4.90 Å². The fourth-order valence-corrected chi connectivity index (χ4v) is 3.92. The van der Waals surface area contributed by atoms with Crippen molar-refractivity contribution in [3.63, 3.8) is 0 Å². The number of benzene rings is 1. The standard InChI is InChI=1S/C14H18N2O2S/c15-11-1-3-12(4-2-11)16-8-5-14(18-13(16)17)6-9-19-10-7-14/h1-4H,5-10,15H2. The van der Waals surface area contributed by atoms with Crippen LogP contribution in [0.1, 0.15) is 19.3 Å². The van der Waals surface area contributed by atoms with Gasteiger partial charge >= 0.3 is 6.09 Å². The van der Waals surface area contributed by atoms with Crippen LogP contribution in [0.25, 0.3) is 0 Å². The van der Waals surface area contributed by atoms with Crippen LogP contribution in [0.2, 0.25) is 0 Å². The van der Waals surface area contributed by atoms with Gasteiger partial charge in [-0.3, -0.25) is 4.90 Å². The van der Waals surface area contributed by atoms with Crippen LogP contribution in [0.4, 0.5) is 16.2 Å². The zero-order valence-electron chi connectivity index (χ0n) is 10.8. The largest absolute Gasteiger partial charge is 0.442 e. The number of nitrogen functional groups attached to an aromatic ring is 1. The summed E-state index contributed by atoms with van der Waals surface area (Å²) in [5.74, 6) is 2.18. The Hall–Kier alpha value is -1.36. The van der Waals surface area contributed by atoms with Gasteiger partial charge in [0.25, 0.3) is 0 Å². The number of thioether (sulfide) groups is 1. The quantitative estimate of drug-likeness (QED) is 0.803. The van der Waals surface area contributed by atoms with E-state index in [4.69, 9.17) is 10.5 Å². The number of rotatable bonds is 1. The van der Waals surface area contributed by atoms with Gasteiger partial charge in [-0.05, 0) is 48.6 Å². The molecular formula is C14H18N2O2S. The maximum atomic E-state index is 12.2. The molecule has 2 fully saturated rings. The first-order valence-corrected chi connectivity index (χ1v) is 7.78. The van der Waals surface area contributed by atoms with Gasteiger partial charge in [0.15, 0.2) is 0 Å². The van der Waals surface area contributed by atoms with Crippen molar-refractivity contribution in [2.45, 2.75) is 24.9 Å². The Labute approximate surface area is 117 Å². The summed E-state index contributed by atoms with van der Waals surface area (Å²) < 4.78 is 5.75. The van der Waals surface area contributed by atoms with E-state index < -0.39 is 0 Å². The molecule has 0 aromatic heterocycles. The zero-order chi connectivity index (χ0) is 13.3. The third kappa shape index (κ3) is 2.52. The number of ether oxygens (including phenoxy) is 1. The molecule has 19 heavy (non-hydrogen) atoms. The van der Waals surface area contributed by atoms with Crippen LogP contribution in [0, 0.1) is 0 Å². The summed E-state index contributed by atoms with van der Waals surface area (Å²) in [7, 11) is 0. The third-order valence-electron chi connectivity index (χ3n) is 3.92. The van der Waals surface area contributed by atoms with Gasteiger partial charge in [-0.25, -0.2) is 4.79 Å². The van der Waals surface area contributed by atoms with Crippen molar-refractivity contribution in [2.75, 3.05) is 28.7 Å². The Morgan fingerprint density at radius 3 is 2.47 bits per heavy atom. The maximum Gasteiger partial charge on any atom is 0.414 e. The van der Waals surface area contributed by atoms with E-state index in [1.807, 2.05) is 36.0 Å². The summed E-state index contributed by atoms with van der Waals surface area (Å²) in [5.41, 5.74) is 7.03.